The van der Waals surface area contributed by atoms with E-state index in [1.54, 1.807) is 0 Å². The van der Waals surface area contributed by atoms with Crippen molar-refractivity contribution in [3.8, 4) is 11.3 Å². The molecule has 1 aromatic heterocycles. The lowest BCUT2D eigenvalue weighted by Crippen LogP contribution is -2.24. The van der Waals surface area contributed by atoms with Crippen LogP contribution in [-0.4, -0.2) is 17.4 Å². The molecule has 0 aliphatic heterocycles. The van der Waals surface area contributed by atoms with Crippen molar-refractivity contribution < 1.29 is 4.79 Å². The molecule has 1 N–H and O–H groups in total. The van der Waals surface area contributed by atoms with Gasteiger partial charge in [0.2, 0.25) is 0 Å². The van der Waals surface area contributed by atoms with Gasteiger partial charge >= 0.3 is 0 Å². The molecular weight excluding hydrogens is 392 g/mol. The number of amides is 1. The van der Waals surface area contributed by atoms with Crippen LogP contribution in [0.5, 0.6) is 0 Å². The van der Waals surface area contributed by atoms with Gasteiger partial charge in [0.25, 0.3) is 5.91 Å². The quantitative estimate of drug-likeness (QED) is 0.280. The average Bonchev–Trinajstić information content (AvgIpc) is 2.82. The number of nitrogens with zero attached hydrogens (tertiary/aromatic N) is 1. The molecule has 0 spiro atoms. The Balaban J connectivity index is 1.52. The molecule has 1 amide bonds. The molecule has 2 aromatic carbocycles. The highest BCUT2D eigenvalue weighted by Gasteiger charge is 2.13. The number of aryl methyl sites for hydroxylation is 1. The van der Waals surface area contributed by atoms with Crippen LogP contribution in [0.25, 0.3) is 22.2 Å². The number of hydrogen-bond acceptors (Lipinski definition) is 2. The topological polar surface area (TPSA) is 42.0 Å². The SMILES string of the molecule is CCCCCCCCCCCCNC(=O)c1cc(-c2ccc(C)cc2)nc2ccccc12. The van der Waals surface area contributed by atoms with Crippen molar-refractivity contribution in [2.24, 2.45) is 0 Å². The molecule has 3 rings (SSSR count). The first-order valence-electron chi connectivity index (χ1n) is 12.4. The van der Waals surface area contributed by atoms with Crippen molar-refractivity contribution in [2.45, 2.75) is 78.1 Å². The number of aromatic nitrogens is 1. The van der Waals surface area contributed by atoms with Gasteiger partial charge in [-0.15, -0.1) is 0 Å². The summed E-state index contributed by atoms with van der Waals surface area (Å²) in [4.78, 5) is 17.8. The molecule has 32 heavy (non-hydrogen) atoms. The molecule has 0 fully saturated rings. The Kier molecular flexibility index (Phi) is 9.74. The minimum absolute atomic E-state index is 0.00659. The van der Waals surface area contributed by atoms with E-state index < -0.39 is 0 Å². The van der Waals surface area contributed by atoms with E-state index in [0.29, 0.717) is 5.56 Å². The van der Waals surface area contributed by atoms with Crippen LogP contribution < -0.4 is 5.32 Å². The highest BCUT2D eigenvalue weighted by Crippen LogP contribution is 2.25. The van der Waals surface area contributed by atoms with Crippen molar-refractivity contribution in [1.29, 1.82) is 0 Å². The van der Waals surface area contributed by atoms with Crippen LogP contribution in [0.1, 0.15) is 87.1 Å². The predicted octanol–water partition coefficient (Wildman–Crippen LogP) is 7.86. The molecule has 0 unspecified atom stereocenters. The molecule has 1 heterocycles. The van der Waals surface area contributed by atoms with Gasteiger partial charge in [0.1, 0.15) is 0 Å². The third-order valence-corrected chi connectivity index (χ3v) is 6.12. The van der Waals surface area contributed by atoms with E-state index in [2.05, 4.69) is 43.4 Å². The number of nitrogens with one attached hydrogen (secondary N) is 1. The molecule has 0 bridgehead atoms. The van der Waals surface area contributed by atoms with Gasteiger partial charge in [-0.2, -0.15) is 0 Å². The van der Waals surface area contributed by atoms with Gasteiger partial charge in [0.05, 0.1) is 16.8 Å². The zero-order chi connectivity index (χ0) is 22.6. The van der Waals surface area contributed by atoms with Crippen LogP contribution in [0, 0.1) is 6.92 Å². The fourth-order valence-corrected chi connectivity index (χ4v) is 4.15. The fourth-order valence-electron chi connectivity index (χ4n) is 4.15. The summed E-state index contributed by atoms with van der Waals surface area (Å²) >= 11 is 0. The van der Waals surface area contributed by atoms with Crippen LogP contribution in [0.3, 0.4) is 0 Å². The standard InChI is InChI=1S/C29H38N2O/c1-3-4-5-6-7-8-9-10-11-14-21-30-29(32)26-22-28(24-19-17-23(2)18-20-24)31-27-16-13-12-15-25(26)27/h12-13,15-20,22H,3-11,14,21H2,1-2H3,(H,30,32). The van der Waals surface area contributed by atoms with Gasteiger partial charge in [-0.05, 0) is 25.5 Å². The van der Waals surface area contributed by atoms with Crippen LogP contribution >= 0.6 is 0 Å². The molecule has 170 valence electrons. The molecule has 0 saturated carbocycles. The largest absolute Gasteiger partial charge is 0.352 e. The van der Waals surface area contributed by atoms with Crippen molar-refractivity contribution in [2.75, 3.05) is 6.54 Å². The first kappa shape index (κ1) is 24.0. The number of carbonyl (C=O) groups excluding carboxylic acids is 1. The van der Waals surface area contributed by atoms with Crippen molar-refractivity contribution >= 4 is 16.8 Å². The lowest BCUT2D eigenvalue weighted by atomic mass is 10.0. The molecule has 0 atom stereocenters. The maximum atomic E-state index is 13.0. The Morgan fingerprint density at radius 2 is 1.44 bits per heavy atom. The maximum Gasteiger partial charge on any atom is 0.252 e. The summed E-state index contributed by atoms with van der Waals surface area (Å²) in [6.07, 6.45) is 13.0. The number of benzene rings is 2. The van der Waals surface area contributed by atoms with E-state index in [4.69, 9.17) is 4.98 Å². The van der Waals surface area contributed by atoms with E-state index >= 15 is 0 Å². The van der Waals surface area contributed by atoms with Crippen molar-refractivity contribution in [1.82, 2.24) is 10.3 Å². The first-order valence-corrected chi connectivity index (χ1v) is 12.4. The van der Waals surface area contributed by atoms with E-state index in [-0.39, 0.29) is 5.91 Å². The smallest absolute Gasteiger partial charge is 0.252 e. The zero-order valence-electron chi connectivity index (χ0n) is 19.8. The Labute approximate surface area is 193 Å². The highest BCUT2D eigenvalue weighted by atomic mass is 16.1. The summed E-state index contributed by atoms with van der Waals surface area (Å²) in [5.41, 5.74) is 4.65. The lowest BCUT2D eigenvalue weighted by Gasteiger charge is -2.11. The van der Waals surface area contributed by atoms with Crippen LogP contribution in [-0.2, 0) is 0 Å². The average molecular weight is 431 g/mol. The van der Waals surface area contributed by atoms with Crippen molar-refractivity contribution in [3.05, 3.63) is 65.7 Å². The van der Waals surface area contributed by atoms with E-state index in [0.717, 1.165) is 35.1 Å². The molecule has 0 aliphatic rings. The van der Waals surface area contributed by atoms with Gasteiger partial charge < -0.3 is 5.32 Å². The van der Waals surface area contributed by atoms with Crippen LogP contribution in [0.2, 0.25) is 0 Å². The number of carbonyl (C=O) groups is 1. The lowest BCUT2D eigenvalue weighted by molar-refractivity contribution is 0.0954. The normalized spacial score (nSPS) is 11.1. The highest BCUT2D eigenvalue weighted by molar-refractivity contribution is 6.07. The van der Waals surface area contributed by atoms with E-state index in [1.807, 2.05) is 30.3 Å². The van der Waals surface area contributed by atoms with E-state index in [9.17, 15) is 4.79 Å². The molecule has 0 saturated heterocycles. The number of unbranched alkanes of at least 4 members (excludes halogenated alkanes) is 9. The maximum absolute atomic E-state index is 13.0. The molecular formula is C29H38N2O. The Morgan fingerprint density at radius 1 is 0.812 bits per heavy atom. The fraction of sp³-hybridized carbons (Fsp3) is 0.448. The Morgan fingerprint density at radius 3 is 2.12 bits per heavy atom. The second kappa shape index (κ2) is 13.0. The van der Waals surface area contributed by atoms with Gasteiger partial charge in [-0.3, -0.25) is 4.79 Å². The Hall–Kier alpha value is -2.68. The predicted molar refractivity (Wildman–Crippen MR) is 136 cm³/mol. The summed E-state index contributed by atoms with van der Waals surface area (Å²) in [6, 6.07) is 18.1. The number of rotatable bonds is 13. The van der Waals surface area contributed by atoms with Crippen molar-refractivity contribution in [3.63, 3.8) is 0 Å². The number of pyridine rings is 1. The molecule has 3 heteroatoms. The van der Waals surface area contributed by atoms with E-state index in [1.165, 1.54) is 63.4 Å². The number of fused-ring (bicyclic) bond motifs is 1. The van der Waals surface area contributed by atoms with Crippen LogP contribution in [0.15, 0.2) is 54.6 Å². The zero-order valence-corrected chi connectivity index (χ0v) is 19.8. The first-order chi connectivity index (χ1) is 15.7. The van der Waals surface area contributed by atoms with Gasteiger partial charge in [0.15, 0.2) is 0 Å². The van der Waals surface area contributed by atoms with Gasteiger partial charge in [-0.1, -0.05) is 113 Å². The number of para-hydroxylation sites is 1. The third-order valence-electron chi connectivity index (χ3n) is 6.12. The van der Waals surface area contributed by atoms with Gasteiger partial charge in [-0.25, -0.2) is 4.98 Å². The summed E-state index contributed by atoms with van der Waals surface area (Å²) in [5.74, 6) is -0.00659. The summed E-state index contributed by atoms with van der Waals surface area (Å²) in [6.45, 7) is 5.06. The minimum Gasteiger partial charge on any atom is -0.352 e. The molecule has 3 nitrogen and oxygen atoms in total. The molecule has 0 radical (unpaired) electrons. The third kappa shape index (κ3) is 7.19. The summed E-state index contributed by atoms with van der Waals surface area (Å²) in [7, 11) is 0. The number of hydrogen-bond donors (Lipinski definition) is 1. The monoisotopic (exact) mass is 430 g/mol. The summed E-state index contributed by atoms with van der Waals surface area (Å²) < 4.78 is 0. The van der Waals surface area contributed by atoms with Gasteiger partial charge in [0, 0.05) is 17.5 Å². The molecule has 0 aliphatic carbocycles. The summed E-state index contributed by atoms with van der Waals surface area (Å²) in [5, 5.41) is 4.04. The van der Waals surface area contributed by atoms with Crippen LogP contribution in [0.4, 0.5) is 0 Å². The second-order valence-electron chi connectivity index (χ2n) is 8.88. The Bertz CT molecular complexity index is 978. The molecule has 3 aromatic rings. The second-order valence-corrected chi connectivity index (χ2v) is 8.88. The minimum atomic E-state index is -0.00659.